The summed E-state index contributed by atoms with van der Waals surface area (Å²) < 4.78 is 0. The molecule has 0 aliphatic carbocycles. The Morgan fingerprint density at radius 3 is 2.27 bits per heavy atom. The van der Waals surface area contributed by atoms with Gasteiger partial charge in [0.1, 0.15) is 0 Å². The molecule has 11 heavy (non-hydrogen) atoms. The molecule has 0 aromatic heterocycles. The van der Waals surface area contributed by atoms with Crippen LogP contribution in [0.3, 0.4) is 0 Å². The first kappa shape index (κ1) is 10.2. The quantitative estimate of drug-likeness (QED) is 0.689. The van der Waals surface area contributed by atoms with Gasteiger partial charge in [0.2, 0.25) is 0 Å². The molecule has 0 heterocycles. The minimum atomic E-state index is -0.234. The Hall–Kier alpha value is -0.820. The fourth-order valence-electron chi connectivity index (χ4n) is 0.955. The lowest BCUT2D eigenvalue weighted by Crippen LogP contribution is -2.03. The van der Waals surface area contributed by atoms with Crippen LogP contribution in [0.2, 0.25) is 0 Å². The van der Waals surface area contributed by atoms with Crippen LogP contribution >= 0.6 is 0 Å². The van der Waals surface area contributed by atoms with E-state index in [0.717, 1.165) is 6.42 Å². The summed E-state index contributed by atoms with van der Waals surface area (Å²) in [5.74, 6) is 0. The third-order valence-corrected chi connectivity index (χ3v) is 1.37. The molecule has 1 nitrogen and oxygen atoms in total. The van der Waals surface area contributed by atoms with Crippen molar-refractivity contribution in [3.05, 3.63) is 35.9 Å². The first-order valence-electron chi connectivity index (χ1n) is 3.51. The van der Waals surface area contributed by atoms with Crippen molar-refractivity contribution >= 4 is 0 Å². The molecule has 0 aliphatic heterocycles. The van der Waals surface area contributed by atoms with Crippen molar-refractivity contribution in [2.75, 3.05) is 0 Å². The van der Waals surface area contributed by atoms with Gasteiger partial charge in [0.15, 0.2) is 0 Å². The molecule has 1 unspecified atom stereocenters. The smallest absolute Gasteiger partial charge is 0.0552 e. The second-order valence-electron chi connectivity index (χ2n) is 2.54. The van der Waals surface area contributed by atoms with E-state index in [1.807, 2.05) is 30.3 Å². The van der Waals surface area contributed by atoms with Gasteiger partial charge in [-0.05, 0) is 18.9 Å². The molecule has 0 radical (unpaired) electrons. The number of benzene rings is 1. The molecule has 0 saturated heterocycles. The van der Waals surface area contributed by atoms with Gasteiger partial charge in [-0.15, -0.1) is 0 Å². The van der Waals surface area contributed by atoms with Gasteiger partial charge in [0.05, 0.1) is 6.10 Å². The molecule has 0 bridgehead atoms. The van der Waals surface area contributed by atoms with Crippen molar-refractivity contribution in [2.24, 2.45) is 0 Å². The first-order chi connectivity index (χ1) is 4.79. The topological polar surface area (TPSA) is 20.2 Å². The number of aliphatic hydroxyl groups is 1. The number of hydrogen-bond donors (Lipinski definition) is 1. The summed E-state index contributed by atoms with van der Waals surface area (Å²) in [5.41, 5.74) is 1.19. The zero-order valence-corrected chi connectivity index (χ0v) is 6.12. The maximum atomic E-state index is 9.01. The summed E-state index contributed by atoms with van der Waals surface area (Å²) in [6.45, 7) is 1.80. The summed E-state index contributed by atoms with van der Waals surface area (Å²) in [5, 5.41) is 9.01. The number of hydrogen-bond acceptors (Lipinski definition) is 1. The SMILES string of the molecule is C.CC(O)Cc1ccccc1. The van der Waals surface area contributed by atoms with E-state index < -0.39 is 0 Å². The summed E-state index contributed by atoms with van der Waals surface area (Å²) in [4.78, 5) is 0. The molecule has 0 spiro atoms. The van der Waals surface area contributed by atoms with Crippen LogP contribution in [0, 0.1) is 0 Å². The molecule has 62 valence electrons. The van der Waals surface area contributed by atoms with Crippen molar-refractivity contribution < 1.29 is 5.11 Å². The summed E-state index contributed by atoms with van der Waals surface area (Å²) in [6.07, 6.45) is 0.517. The molecule has 1 aromatic rings. The van der Waals surface area contributed by atoms with Gasteiger partial charge in [-0.1, -0.05) is 37.8 Å². The van der Waals surface area contributed by atoms with Gasteiger partial charge in [0.25, 0.3) is 0 Å². The second-order valence-corrected chi connectivity index (χ2v) is 2.54. The zero-order valence-electron chi connectivity index (χ0n) is 6.12. The van der Waals surface area contributed by atoms with Crippen LogP contribution in [0.15, 0.2) is 30.3 Å². The van der Waals surface area contributed by atoms with E-state index in [0.29, 0.717) is 0 Å². The van der Waals surface area contributed by atoms with Crippen molar-refractivity contribution in [3.63, 3.8) is 0 Å². The van der Waals surface area contributed by atoms with E-state index >= 15 is 0 Å². The highest BCUT2D eigenvalue weighted by Gasteiger charge is 1.95. The Kier molecular flexibility index (Phi) is 4.55. The van der Waals surface area contributed by atoms with Crippen molar-refractivity contribution in [1.29, 1.82) is 0 Å². The van der Waals surface area contributed by atoms with E-state index in [1.54, 1.807) is 6.92 Å². The van der Waals surface area contributed by atoms with Crippen LogP contribution in [0.5, 0.6) is 0 Å². The van der Waals surface area contributed by atoms with Gasteiger partial charge < -0.3 is 5.11 Å². The minimum Gasteiger partial charge on any atom is -0.393 e. The molecule has 1 aromatic carbocycles. The van der Waals surface area contributed by atoms with Crippen LogP contribution in [0.25, 0.3) is 0 Å². The highest BCUT2D eigenvalue weighted by Crippen LogP contribution is 2.01. The van der Waals surface area contributed by atoms with Crippen molar-refractivity contribution in [2.45, 2.75) is 26.9 Å². The number of rotatable bonds is 2. The Bertz CT molecular complexity index is 179. The van der Waals surface area contributed by atoms with Gasteiger partial charge in [-0.3, -0.25) is 0 Å². The minimum absolute atomic E-state index is 0. The molecule has 1 heteroatoms. The third kappa shape index (κ3) is 3.79. The zero-order chi connectivity index (χ0) is 7.40. The maximum Gasteiger partial charge on any atom is 0.0552 e. The van der Waals surface area contributed by atoms with Crippen LogP contribution in [0.4, 0.5) is 0 Å². The van der Waals surface area contributed by atoms with Gasteiger partial charge >= 0.3 is 0 Å². The van der Waals surface area contributed by atoms with Crippen LogP contribution in [0.1, 0.15) is 19.9 Å². The van der Waals surface area contributed by atoms with Crippen molar-refractivity contribution in [1.82, 2.24) is 0 Å². The Morgan fingerprint density at radius 2 is 1.82 bits per heavy atom. The molecule has 0 saturated carbocycles. The van der Waals surface area contributed by atoms with E-state index in [9.17, 15) is 0 Å². The average Bonchev–Trinajstić information content (AvgIpc) is 1.88. The first-order valence-corrected chi connectivity index (χ1v) is 3.51. The summed E-state index contributed by atoms with van der Waals surface area (Å²) in [7, 11) is 0. The van der Waals surface area contributed by atoms with Crippen LogP contribution in [-0.2, 0) is 6.42 Å². The lowest BCUT2D eigenvalue weighted by Gasteiger charge is -2.01. The molecule has 0 fully saturated rings. The standard InChI is InChI=1S/C9H12O.CH4/c1-8(10)7-9-5-3-2-4-6-9;/h2-6,8,10H,7H2,1H3;1H4. The Labute approximate surface area is 68.7 Å². The van der Waals surface area contributed by atoms with Gasteiger partial charge in [0, 0.05) is 0 Å². The fraction of sp³-hybridized carbons (Fsp3) is 0.400. The molecule has 0 aliphatic rings. The van der Waals surface area contributed by atoms with Crippen LogP contribution in [-0.4, -0.2) is 11.2 Å². The average molecular weight is 152 g/mol. The third-order valence-electron chi connectivity index (χ3n) is 1.37. The maximum absolute atomic E-state index is 9.01. The van der Waals surface area contributed by atoms with Crippen molar-refractivity contribution in [3.8, 4) is 0 Å². The van der Waals surface area contributed by atoms with Crippen LogP contribution < -0.4 is 0 Å². The van der Waals surface area contributed by atoms with Gasteiger partial charge in [-0.2, -0.15) is 0 Å². The number of aliphatic hydroxyl groups excluding tert-OH is 1. The lowest BCUT2D eigenvalue weighted by molar-refractivity contribution is 0.195. The molecular weight excluding hydrogens is 136 g/mol. The lowest BCUT2D eigenvalue weighted by atomic mass is 10.1. The predicted molar refractivity (Wildman–Crippen MR) is 48.6 cm³/mol. The Balaban J connectivity index is 0.000001000. The summed E-state index contributed by atoms with van der Waals surface area (Å²) in [6, 6.07) is 9.99. The fourth-order valence-corrected chi connectivity index (χ4v) is 0.955. The van der Waals surface area contributed by atoms with E-state index in [1.165, 1.54) is 5.56 Å². The molecule has 1 rings (SSSR count). The Morgan fingerprint density at radius 1 is 1.27 bits per heavy atom. The van der Waals surface area contributed by atoms with E-state index in [-0.39, 0.29) is 13.5 Å². The van der Waals surface area contributed by atoms with E-state index in [4.69, 9.17) is 5.11 Å². The second kappa shape index (κ2) is 4.91. The highest BCUT2D eigenvalue weighted by atomic mass is 16.3. The normalized spacial score (nSPS) is 11.8. The highest BCUT2D eigenvalue weighted by molar-refractivity contribution is 5.15. The predicted octanol–water partition coefficient (Wildman–Crippen LogP) is 2.25. The van der Waals surface area contributed by atoms with Gasteiger partial charge in [-0.25, -0.2) is 0 Å². The van der Waals surface area contributed by atoms with E-state index in [2.05, 4.69) is 0 Å². The molecule has 1 atom stereocenters. The largest absolute Gasteiger partial charge is 0.393 e. The monoisotopic (exact) mass is 152 g/mol. The molecular formula is C10H16O. The molecule has 1 N–H and O–H groups in total. The molecule has 0 amide bonds. The summed E-state index contributed by atoms with van der Waals surface area (Å²) >= 11 is 0.